The summed E-state index contributed by atoms with van der Waals surface area (Å²) in [7, 11) is 0. The molecule has 1 atom stereocenters. The molecule has 29 heavy (non-hydrogen) atoms. The van der Waals surface area contributed by atoms with Gasteiger partial charge in [0, 0.05) is 11.4 Å². The summed E-state index contributed by atoms with van der Waals surface area (Å²) in [6.07, 6.45) is 8.43. The van der Waals surface area contributed by atoms with E-state index in [0.29, 0.717) is 0 Å². The first-order valence-corrected chi connectivity index (χ1v) is 10.7. The van der Waals surface area contributed by atoms with E-state index in [2.05, 4.69) is 84.1 Å². The van der Waals surface area contributed by atoms with Gasteiger partial charge in [-0.3, -0.25) is 0 Å². The Balaban J connectivity index is 1.76. The molecule has 0 bridgehead atoms. The van der Waals surface area contributed by atoms with Crippen molar-refractivity contribution < 1.29 is 0 Å². The molecule has 0 fully saturated rings. The number of para-hydroxylation sites is 2. The van der Waals surface area contributed by atoms with E-state index in [1.165, 1.54) is 28.9 Å². The van der Waals surface area contributed by atoms with E-state index < -0.39 is 0 Å². The molecule has 0 aliphatic carbocycles. The maximum atomic E-state index is 4.74. The van der Waals surface area contributed by atoms with Gasteiger partial charge < -0.3 is 9.80 Å². The predicted octanol–water partition coefficient (Wildman–Crippen LogP) is 6.25. The number of hydrogen-bond acceptors (Lipinski definition) is 4. The first-order chi connectivity index (χ1) is 14.2. The van der Waals surface area contributed by atoms with Gasteiger partial charge in [-0.2, -0.15) is 0 Å². The lowest BCUT2D eigenvalue weighted by molar-refractivity contribution is 0.354. The second kappa shape index (κ2) is 6.87. The van der Waals surface area contributed by atoms with Crippen LogP contribution >= 0.6 is 0 Å². The van der Waals surface area contributed by atoms with Crippen molar-refractivity contribution in [1.82, 2.24) is 9.97 Å². The fourth-order valence-electron chi connectivity index (χ4n) is 5.40. The van der Waals surface area contributed by atoms with Crippen LogP contribution in [0.3, 0.4) is 0 Å². The van der Waals surface area contributed by atoms with Gasteiger partial charge >= 0.3 is 0 Å². The highest BCUT2D eigenvalue weighted by Crippen LogP contribution is 2.54. The van der Waals surface area contributed by atoms with Gasteiger partial charge in [0.15, 0.2) is 5.82 Å². The number of aryl methyl sites for hydroxylation is 1. The lowest BCUT2D eigenvalue weighted by Crippen LogP contribution is -2.38. The van der Waals surface area contributed by atoms with Crippen LogP contribution in [0.25, 0.3) is 0 Å². The van der Waals surface area contributed by atoms with E-state index in [4.69, 9.17) is 4.98 Å². The van der Waals surface area contributed by atoms with Crippen LogP contribution in [0.4, 0.5) is 22.9 Å². The Labute approximate surface area is 173 Å². The molecule has 3 heterocycles. The number of rotatable bonds is 3. The third-order valence-electron chi connectivity index (χ3n) is 7.10. The molecule has 0 amide bonds. The summed E-state index contributed by atoms with van der Waals surface area (Å²) in [4.78, 5) is 14.1. The summed E-state index contributed by atoms with van der Waals surface area (Å²) in [5.74, 6) is 1.01. The molecule has 1 aromatic heterocycles. The molecule has 0 spiro atoms. The average Bonchev–Trinajstić information content (AvgIpc) is 3.01. The van der Waals surface area contributed by atoms with Crippen molar-refractivity contribution in [3.8, 4) is 0 Å². The highest BCUT2D eigenvalue weighted by Gasteiger charge is 2.45. The molecule has 4 nitrogen and oxygen atoms in total. The standard InChI is InChI=1S/C25H28N4/c1-4-25(5-2)15-14-23-28(21-13-9-7-11-19(21)25)22-16-26-17-27-24(22)29(23)20-12-8-6-10-18(20)3/h6-13,16-17,23H,4-5,14-15H2,1-3H3. The number of fused-ring (bicyclic) bond motifs is 5. The minimum atomic E-state index is 0.212. The van der Waals surface area contributed by atoms with Crippen molar-refractivity contribution in [3.05, 3.63) is 72.2 Å². The van der Waals surface area contributed by atoms with Gasteiger partial charge in [-0.15, -0.1) is 0 Å². The van der Waals surface area contributed by atoms with Crippen LogP contribution in [-0.2, 0) is 5.41 Å². The Hall–Kier alpha value is -2.88. The Morgan fingerprint density at radius 3 is 2.41 bits per heavy atom. The Kier molecular flexibility index (Phi) is 4.30. The highest BCUT2D eigenvalue weighted by atomic mass is 15.5. The minimum Gasteiger partial charge on any atom is -0.315 e. The van der Waals surface area contributed by atoms with Crippen molar-refractivity contribution >= 4 is 22.9 Å². The van der Waals surface area contributed by atoms with Gasteiger partial charge in [-0.05, 0) is 61.3 Å². The molecule has 4 heteroatoms. The van der Waals surface area contributed by atoms with Crippen molar-refractivity contribution in [2.45, 2.75) is 58.0 Å². The maximum absolute atomic E-state index is 4.74. The fraction of sp³-hybridized carbons (Fsp3) is 0.360. The van der Waals surface area contributed by atoms with Gasteiger partial charge in [-0.1, -0.05) is 50.2 Å². The molecule has 2 aliphatic heterocycles. The predicted molar refractivity (Wildman–Crippen MR) is 119 cm³/mol. The quantitative estimate of drug-likeness (QED) is 0.534. The maximum Gasteiger partial charge on any atom is 0.162 e. The van der Waals surface area contributed by atoms with Crippen molar-refractivity contribution in [1.29, 1.82) is 0 Å². The molecule has 3 aromatic rings. The van der Waals surface area contributed by atoms with Gasteiger partial charge in [0.2, 0.25) is 0 Å². The van der Waals surface area contributed by atoms with E-state index in [1.807, 2.05) is 6.20 Å². The normalized spacial score (nSPS) is 19.3. The number of nitrogens with zero attached hydrogens (tertiary/aromatic N) is 4. The first kappa shape index (κ1) is 18.2. The van der Waals surface area contributed by atoms with Crippen LogP contribution in [0.1, 0.15) is 50.7 Å². The zero-order valence-corrected chi connectivity index (χ0v) is 17.5. The second-order valence-corrected chi connectivity index (χ2v) is 8.28. The van der Waals surface area contributed by atoms with E-state index in [9.17, 15) is 0 Å². The minimum absolute atomic E-state index is 0.212. The lowest BCUT2D eigenvalue weighted by atomic mass is 9.72. The van der Waals surface area contributed by atoms with Crippen molar-refractivity contribution in [2.75, 3.05) is 9.80 Å². The molecule has 0 N–H and O–H groups in total. The number of benzene rings is 2. The van der Waals surface area contributed by atoms with E-state index >= 15 is 0 Å². The smallest absolute Gasteiger partial charge is 0.162 e. The SMILES string of the molecule is CCC1(CC)CCC2N(c3ccccc31)c1cncnc1N2c1ccccc1C. The fourth-order valence-corrected chi connectivity index (χ4v) is 5.40. The van der Waals surface area contributed by atoms with Crippen LogP contribution in [-0.4, -0.2) is 16.1 Å². The van der Waals surface area contributed by atoms with Crippen LogP contribution < -0.4 is 9.80 Å². The molecule has 0 saturated heterocycles. The zero-order chi connectivity index (χ0) is 20.0. The summed E-state index contributed by atoms with van der Waals surface area (Å²) < 4.78 is 0. The Bertz CT molecular complexity index is 1040. The van der Waals surface area contributed by atoms with Gasteiger partial charge in [0.05, 0.1) is 6.20 Å². The van der Waals surface area contributed by atoms with Crippen LogP contribution in [0.15, 0.2) is 61.1 Å². The Morgan fingerprint density at radius 1 is 0.931 bits per heavy atom. The molecule has 2 aromatic carbocycles. The average molecular weight is 385 g/mol. The molecule has 0 saturated carbocycles. The molecule has 148 valence electrons. The summed E-state index contributed by atoms with van der Waals surface area (Å²) >= 11 is 0. The molecule has 5 rings (SSSR count). The molecule has 0 radical (unpaired) electrons. The third kappa shape index (κ3) is 2.58. The molecular formula is C25H28N4. The van der Waals surface area contributed by atoms with Crippen LogP contribution in [0, 0.1) is 6.92 Å². The molecular weight excluding hydrogens is 356 g/mol. The summed E-state index contributed by atoms with van der Waals surface area (Å²) in [6, 6.07) is 17.6. The first-order valence-electron chi connectivity index (χ1n) is 10.7. The van der Waals surface area contributed by atoms with Crippen LogP contribution in [0.5, 0.6) is 0 Å². The summed E-state index contributed by atoms with van der Waals surface area (Å²) in [5, 5.41) is 0. The van der Waals surface area contributed by atoms with Gasteiger partial charge in [0.1, 0.15) is 18.2 Å². The monoisotopic (exact) mass is 384 g/mol. The second-order valence-electron chi connectivity index (χ2n) is 8.28. The number of anilines is 4. The summed E-state index contributed by atoms with van der Waals surface area (Å²) in [6.45, 7) is 6.87. The Morgan fingerprint density at radius 2 is 1.66 bits per heavy atom. The van der Waals surface area contributed by atoms with Gasteiger partial charge in [0.25, 0.3) is 0 Å². The van der Waals surface area contributed by atoms with Crippen LogP contribution in [0.2, 0.25) is 0 Å². The van der Waals surface area contributed by atoms with Crippen molar-refractivity contribution in [3.63, 3.8) is 0 Å². The van der Waals surface area contributed by atoms with E-state index in [1.54, 1.807) is 6.33 Å². The largest absolute Gasteiger partial charge is 0.315 e. The highest BCUT2D eigenvalue weighted by molar-refractivity contribution is 5.87. The van der Waals surface area contributed by atoms with Crippen molar-refractivity contribution in [2.24, 2.45) is 0 Å². The summed E-state index contributed by atoms with van der Waals surface area (Å²) in [5.41, 5.74) is 6.61. The number of aromatic nitrogens is 2. The van der Waals surface area contributed by atoms with E-state index in [0.717, 1.165) is 30.8 Å². The third-order valence-corrected chi connectivity index (χ3v) is 7.10. The zero-order valence-electron chi connectivity index (χ0n) is 17.5. The molecule has 1 unspecified atom stereocenters. The molecule has 2 aliphatic rings. The number of hydrogen-bond donors (Lipinski definition) is 0. The topological polar surface area (TPSA) is 32.3 Å². The van der Waals surface area contributed by atoms with E-state index in [-0.39, 0.29) is 11.6 Å². The lowest BCUT2D eigenvalue weighted by Gasteiger charge is -2.33. The van der Waals surface area contributed by atoms with Gasteiger partial charge in [-0.25, -0.2) is 9.97 Å².